The molecule has 2 aromatic rings. The van der Waals surface area contributed by atoms with Gasteiger partial charge in [-0.05, 0) is 76.9 Å². The van der Waals surface area contributed by atoms with Gasteiger partial charge in [-0.25, -0.2) is 8.78 Å². The Kier molecular flexibility index (Phi) is 7.07. The molecule has 196 valence electrons. The molecule has 4 heterocycles. The van der Waals surface area contributed by atoms with Gasteiger partial charge in [0.15, 0.2) is 0 Å². The highest BCUT2D eigenvalue weighted by Crippen LogP contribution is 2.31. The number of benzene rings is 1. The van der Waals surface area contributed by atoms with Gasteiger partial charge in [0.2, 0.25) is 0 Å². The van der Waals surface area contributed by atoms with Gasteiger partial charge in [-0.15, -0.1) is 0 Å². The van der Waals surface area contributed by atoms with Gasteiger partial charge in [-0.2, -0.15) is 0 Å². The fourth-order valence-electron chi connectivity index (χ4n) is 6.19. The van der Waals surface area contributed by atoms with E-state index in [4.69, 9.17) is 0 Å². The minimum atomic E-state index is -2.70. The molecular weight excluding hydrogens is 462 g/mol. The summed E-state index contributed by atoms with van der Waals surface area (Å²) < 4.78 is 29.2. The van der Waals surface area contributed by atoms with Gasteiger partial charge in [-0.1, -0.05) is 6.42 Å². The van der Waals surface area contributed by atoms with Crippen LogP contribution in [0.4, 0.5) is 8.78 Å². The number of aromatic nitrogens is 1. The highest BCUT2D eigenvalue weighted by atomic mass is 19.3. The number of likely N-dealkylation sites (tertiary alicyclic amines) is 3. The lowest BCUT2D eigenvalue weighted by molar-refractivity contribution is -0.0495. The van der Waals surface area contributed by atoms with Gasteiger partial charge in [0.1, 0.15) is 5.69 Å². The van der Waals surface area contributed by atoms with Crippen LogP contribution in [0.1, 0.15) is 85.7 Å². The standard InChI is InChI=1S/C28H38F2N4O2/c1-20(2)34-24-7-6-21(26(35)32-14-8-23(9-15-32)31-12-4-3-5-13-31)18-22(24)19-25(34)27(36)33-16-10-28(29,30)11-17-33/h6-7,18-20,23H,3-5,8-17H2,1-2H3. The molecule has 3 aliphatic heterocycles. The number of hydrogen-bond donors (Lipinski definition) is 0. The summed E-state index contributed by atoms with van der Waals surface area (Å²) in [5.41, 5.74) is 2.02. The molecule has 0 radical (unpaired) electrons. The Balaban J connectivity index is 1.32. The van der Waals surface area contributed by atoms with Crippen molar-refractivity contribution in [1.82, 2.24) is 19.3 Å². The third kappa shape index (κ3) is 5.01. The highest BCUT2D eigenvalue weighted by Gasteiger charge is 2.37. The van der Waals surface area contributed by atoms with E-state index < -0.39 is 5.92 Å². The number of rotatable bonds is 4. The van der Waals surface area contributed by atoms with Crippen LogP contribution in [0, 0.1) is 0 Å². The van der Waals surface area contributed by atoms with Crippen molar-refractivity contribution < 1.29 is 18.4 Å². The van der Waals surface area contributed by atoms with Gasteiger partial charge in [-0.3, -0.25) is 9.59 Å². The van der Waals surface area contributed by atoms with E-state index in [1.165, 1.54) is 37.3 Å². The first-order valence-corrected chi connectivity index (χ1v) is 13.6. The second-order valence-electron chi connectivity index (χ2n) is 11.0. The molecule has 1 aromatic carbocycles. The Hall–Kier alpha value is -2.48. The zero-order chi connectivity index (χ0) is 25.4. The van der Waals surface area contributed by atoms with Crippen LogP contribution in [0.15, 0.2) is 24.3 Å². The van der Waals surface area contributed by atoms with E-state index in [0.29, 0.717) is 17.3 Å². The Morgan fingerprint density at radius 2 is 1.50 bits per heavy atom. The lowest BCUT2D eigenvalue weighted by Crippen LogP contribution is -2.48. The predicted octanol–water partition coefficient (Wildman–Crippen LogP) is 5.18. The van der Waals surface area contributed by atoms with E-state index in [9.17, 15) is 18.4 Å². The van der Waals surface area contributed by atoms with Crippen molar-refractivity contribution in [2.45, 2.75) is 76.8 Å². The number of nitrogens with zero attached hydrogens (tertiary/aromatic N) is 4. The van der Waals surface area contributed by atoms with Gasteiger partial charge in [0.25, 0.3) is 17.7 Å². The largest absolute Gasteiger partial charge is 0.339 e. The maximum atomic E-state index is 13.6. The third-order valence-corrected chi connectivity index (χ3v) is 8.26. The molecule has 8 heteroatoms. The van der Waals surface area contributed by atoms with Crippen molar-refractivity contribution in [1.29, 1.82) is 0 Å². The van der Waals surface area contributed by atoms with Gasteiger partial charge in [0, 0.05) is 67.6 Å². The zero-order valence-corrected chi connectivity index (χ0v) is 21.5. The van der Waals surface area contributed by atoms with Crippen molar-refractivity contribution in [3.05, 3.63) is 35.5 Å². The normalized spacial score (nSPS) is 21.9. The first-order chi connectivity index (χ1) is 17.2. The average molecular weight is 501 g/mol. The van der Waals surface area contributed by atoms with Crippen molar-refractivity contribution in [3.63, 3.8) is 0 Å². The zero-order valence-electron chi connectivity index (χ0n) is 21.5. The summed E-state index contributed by atoms with van der Waals surface area (Å²) >= 11 is 0. The molecule has 1 aromatic heterocycles. The molecule has 0 atom stereocenters. The monoisotopic (exact) mass is 500 g/mol. The molecule has 2 amide bonds. The molecule has 3 aliphatic rings. The van der Waals surface area contributed by atoms with Crippen molar-refractivity contribution in [2.24, 2.45) is 0 Å². The van der Waals surface area contributed by atoms with E-state index in [1.807, 2.05) is 47.6 Å². The smallest absolute Gasteiger partial charge is 0.270 e. The first kappa shape index (κ1) is 25.2. The van der Waals surface area contributed by atoms with Crippen molar-refractivity contribution in [2.75, 3.05) is 39.3 Å². The molecular formula is C28H38F2N4O2. The lowest BCUT2D eigenvalue weighted by Gasteiger charge is -2.40. The van der Waals surface area contributed by atoms with Gasteiger partial charge < -0.3 is 19.3 Å². The van der Waals surface area contributed by atoms with Crippen LogP contribution < -0.4 is 0 Å². The molecule has 3 fully saturated rings. The van der Waals surface area contributed by atoms with Crippen LogP contribution in [0.2, 0.25) is 0 Å². The van der Waals surface area contributed by atoms with Crippen LogP contribution >= 0.6 is 0 Å². The average Bonchev–Trinajstić information content (AvgIpc) is 3.28. The topological polar surface area (TPSA) is 48.8 Å². The number of carbonyl (C=O) groups excluding carboxylic acids is 2. The molecule has 0 spiro atoms. The summed E-state index contributed by atoms with van der Waals surface area (Å²) in [7, 11) is 0. The summed E-state index contributed by atoms with van der Waals surface area (Å²) in [4.78, 5) is 32.8. The highest BCUT2D eigenvalue weighted by molar-refractivity contribution is 6.02. The molecule has 0 unspecified atom stereocenters. The molecule has 3 saturated heterocycles. The molecule has 0 saturated carbocycles. The van der Waals surface area contributed by atoms with E-state index in [0.717, 1.165) is 36.8 Å². The van der Waals surface area contributed by atoms with Gasteiger partial charge >= 0.3 is 0 Å². The van der Waals surface area contributed by atoms with Crippen LogP contribution in [0.3, 0.4) is 0 Å². The fourth-order valence-corrected chi connectivity index (χ4v) is 6.19. The van der Waals surface area contributed by atoms with E-state index in [2.05, 4.69) is 4.90 Å². The summed E-state index contributed by atoms with van der Waals surface area (Å²) in [5.74, 6) is -2.88. The summed E-state index contributed by atoms with van der Waals surface area (Å²) in [6.45, 7) is 8.04. The first-order valence-electron chi connectivity index (χ1n) is 13.6. The molecule has 6 nitrogen and oxygen atoms in total. The second kappa shape index (κ2) is 10.1. The summed E-state index contributed by atoms with van der Waals surface area (Å²) in [5, 5.41) is 0.837. The van der Waals surface area contributed by atoms with Crippen LogP contribution in [-0.4, -0.2) is 82.3 Å². The molecule has 0 bridgehead atoms. The van der Waals surface area contributed by atoms with Crippen molar-refractivity contribution >= 4 is 22.7 Å². The number of alkyl halides is 2. The number of amides is 2. The fraction of sp³-hybridized carbons (Fsp3) is 0.643. The van der Waals surface area contributed by atoms with Crippen molar-refractivity contribution in [3.8, 4) is 0 Å². The molecule has 0 N–H and O–H groups in total. The molecule has 5 rings (SSSR count). The lowest BCUT2D eigenvalue weighted by atomic mass is 9.99. The quantitative estimate of drug-likeness (QED) is 0.581. The maximum Gasteiger partial charge on any atom is 0.270 e. The number of halogens is 2. The van der Waals surface area contributed by atoms with E-state index in [1.54, 1.807) is 0 Å². The second-order valence-corrected chi connectivity index (χ2v) is 11.0. The Labute approximate surface area is 212 Å². The summed E-state index contributed by atoms with van der Waals surface area (Å²) in [6.07, 6.45) is 5.34. The van der Waals surface area contributed by atoms with Crippen LogP contribution in [-0.2, 0) is 0 Å². The van der Waals surface area contributed by atoms with Crippen LogP contribution in [0.5, 0.6) is 0 Å². The number of piperidine rings is 3. The number of carbonyl (C=O) groups is 2. The van der Waals surface area contributed by atoms with Gasteiger partial charge in [0.05, 0.1) is 0 Å². The Morgan fingerprint density at radius 3 is 2.14 bits per heavy atom. The molecule has 0 aliphatic carbocycles. The van der Waals surface area contributed by atoms with E-state index in [-0.39, 0.29) is 43.8 Å². The minimum Gasteiger partial charge on any atom is -0.339 e. The Morgan fingerprint density at radius 1 is 0.861 bits per heavy atom. The summed E-state index contributed by atoms with van der Waals surface area (Å²) in [6, 6.07) is 8.08. The predicted molar refractivity (Wildman–Crippen MR) is 137 cm³/mol. The van der Waals surface area contributed by atoms with E-state index >= 15 is 0 Å². The van der Waals surface area contributed by atoms with Crippen LogP contribution in [0.25, 0.3) is 10.9 Å². The number of fused-ring (bicyclic) bond motifs is 1. The number of hydrogen-bond acceptors (Lipinski definition) is 3. The third-order valence-electron chi connectivity index (χ3n) is 8.26. The minimum absolute atomic E-state index is 0.0167. The molecule has 36 heavy (non-hydrogen) atoms. The maximum absolute atomic E-state index is 13.6. The SMILES string of the molecule is CC(C)n1c(C(=O)N2CCC(F)(F)CC2)cc2cc(C(=O)N3CCC(N4CCCCC4)CC3)ccc21. The Bertz CT molecular complexity index is 1100.